The van der Waals surface area contributed by atoms with E-state index in [0.29, 0.717) is 28.0 Å². The molecule has 0 unspecified atom stereocenters. The van der Waals surface area contributed by atoms with Crippen LogP contribution < -0.4 is 5.56 Å². The zero-order chi connectivity index (χ0) is 18.3. The van der Waals surface area contributed by atoms with E-state index in [1.807, 2.05) is 18.2 Å². The first-order valence-corrected chi connectivity index (χ1v) is 8.91. The van der Waals surface area contributed by atoms with Gasteiger partial charge in [-0.3, -0.25) is 9.36 Å². The molecule has 0 aliphatic carbocycles. The van der Waals surface area contributed by atoms with Gasteiger partial charge in [0, 0.05) is 23.6 Å². The number of benzene rings is 2. The number of aryl methyl sites for hydroxylation is 1. The molecule has 0 amide bonds. The van der Waals surface area contributed by atoms with Crippen LogP contribution in [0.15, 0.2) is 47.3 Å². The minimum Gasteiger partial charge on any atom is -0.454 e. The number of nitrogens with zero attached hydrogens (tertiary/aromatic N) is 2. The predicted octanol–water partition coefficient (Wildman–Crippen LogP) is 3.91. The van der Waals surface area contributed by atoms with E-state index in [1.54, 1.807) is 35.8 Å². The summed E-state index contributed by atoms with van der Waals surface area (Å²) in [5.74, 6) is 0.305. The summed E-state index contributed by atoms with van der Waals surface area (Å²) in [7, 11) is 0. The Balaban J connectivity index is 1.64. The third-order valence-electron chi connectivity index (χ3n) is 4.68. The standard InChI is InChI=1S/C20H17ClN2O3/c1-12(14-5-2-3-6-16(14)21)26-20(25)13-8-9-15-17(11-13)22-18-7-4-10-23(18)19(15)24/h2-3,5-6,8-9,11-12H,4,7,10H2,1H3/t12-/m0/s1. The van der Waals surface area contributed by atoms with Crippen LogP contribution in [0.1, 0.15) is 41.2 Å². The largest absolute Gasteiger partial charge is 0.454 e. The van der Waals surface area contributed by atoms with Crippen LogP contribution in [0, 0.1) is 0 Å². The number of hydrogen-bond acceptors (Lipinski definition) is 4. The average molecular weight is 369 g/mol. The maximum absolute atomic E-state index is 12.5. The first-order chi connectivity index (χ1) is 12.5. The van der Waals surface area contributed by atoms with Gasteiger partial charge in [0.25, 0.3) is 5.56 Å². The van der Waals surface area contributed by atoms with E-state index in [-0.39, 0.29) is 5.56 Å². The Hall–Kier alpha value is -2.66. The zero-order valence-electron chi connectivity index (χ0n) is 14.2. The van der Waals surface area contributed by atoms with E-state index in [2.05, 4.69) is 4.98 Å². The molecule has 6 heteroatoms. The molecule has 26 heavy (non-hydrogen) atoms. The Labute approximate surface area is 155 Å². The van der Waals surface area contributed by atoms with Crippen molar-refractivity contribution >= 4 is 28.5 Å². The summed E-state index contributed by atoms with van der Waals surface area (Å²) in [4.78, 5) is 29.6. The van der Waals surface area contributed by atoms with Crippen molar-refractivity contribution in [1.82, 2.24) is 9.55 Å². The van der Waals surface area contributed by atoms with Crippen LogP contribution in [0.5, 0.6) is 0 Å². The molecule has 3 aromatic rings. The maximum atomic E-state index is 12.5. The third kappa shape index (κ3) is 2.88. The molecule has 5 nitrogen and oxygen atoms in total. The molecule has 4 rings (SSSR count). The molecule has 0 saturated carbocycles. The summed E-state index contributed by atoms with van der Waals surface area (Å²) in [6.07, 6.45) is 1.22. The lowest BCUT2D eigenvalue weighted by atomic mass is 10.1. The second kappa shape index (κ2) is 6.57. The van der Waals surface area contributed by atoms with Gasteiger partial charge in [0.1, 0.15) is 11.9 Å². The van der Waals surface area contributed by atoms with Crippen LogP contribution in [-0.2, 0) is 17.7 Å². The van der Waals surface area contributed by atoms with Gasteiger partial charge in [-0.2, -0.15) is 0 Å². The fourth-order valence-electron chi connectivity index (χ4n) is 3.31. The Bertz CT molecular complexity index is 1070. The molecule has 1 atom stereocenters. The van der Waals surface area contributed by atoms with Crippen LogP contribution in [-0.4, -0.2) is 15.5 Å². The Morgan fingerprint density at radius 2 is 2.08 bits per heavy atom. The summed E-state index contributed by atoms with van der Waals surface area (Å²) in [5, 5.41) is 1.07. The van der Waals surface area contributed by atoms with Crippen molar-refractivity contribution in [3.8, 4) is 0 Å². The Kier molecular flexibility index (Phi) is 4.24. The van der Waals surface area contributed by atoms with Gasteiger partial charge in [0.2, 0.25) is 0 Å². The molecule has 0 bridgehead atoms. The molecule has 1 aromatic heterocycles. The summed E-state index contributed by atoms with van der Waals surface area (Å²) in [5.41, 5.74) is 1.60. The number of aromatic nitrogens is 2. The van der Waals surface area contributed by atoms with Gasteiger partial charge in [-0.05, 0) is 37.6 Å². The second-order valence-corrected chi connectivity index (χ2v) is 6.80. The minimum atomic E-state index is -0.481. The molecule has 0 spiro atoms. The summed E-state index contributed by atoms with van der Waals surface area (Å²) in [6, 6.07) is 12.1. The molecule has 0 saturated heterocycles. The number of rotatable bonds is 3. The highest BCUT2D eigenvalue weighted by Gasteiger charge is 2.19. The van der Waals surface area contributed by atoms with E-state index in [9.17, 15) is 9.59 Å². The number of hydrogen-bond donors (Lipinski definition) is 0. The minimum absolute atomic E-state index is 0.0492. The van der Waals surface area contributed by atoms with Gasteiger partial charge >= 0.3 is 5.97 Å². The number of fused-ring (bicyclic) bond motifs is 2. The van der Waals surface area contributed by atoms with Gasteiger partial charge < -0.3 is 4.74 Å². The molecule has 1 aliphatic heterocycles. The average Bonchev–Trinajstić information content (AvgIpc) is 3.10. The summed E-state index contributed by atoms with van der Waals surface area (Å²) in [6.45, 7) is 2.48. The van der Waals surface area contributed by atoms with Crippen molar-refractivity contribution < 1.29 is 9.53 Å². The summed E-state index contributed by atoms with van der Waals surface area (Å²) >= 11 is 6.16. The number of halogens is 1. The maximum Gasteiger partial charge on any atom is 0.338 e. The van der Waals surface area contributed by atoms with Crippen molar-refractivity contribution in [2.75, 3.05) is 0 Å². The van der Waals surface area contributed by atoms with E-state index in [1.165, 1.54) is 0 Å². The van der Waals surface area contributed by atoms with Gasteiger partial charge in [-0.25, -0.2) is 9.78 Å². The van der Waals surface area contributed by atoms with E-state index in [4.69, 9.17) is 16.3 Å². The monoisotopic (exact) mass is 368 g/mol. The van der Waals surface area contributed by atoms with E-state index in [0.717, 1.165) is 24.2 Å². The van der Waals surface area contributed by atoms with Gasteiger partial charge in [0.15, 0.2) is 0 Å². The van der Waals surface area contributed by atoms with Crippen molar-refractivity contribution in [2.45, 2.75) is 32.4 Å². The molecule has 1 aliphatic rings. The van der Waals surface area contributed by atoms with Gasteiger partial charge in [-0.15, -0.1) is 0 Å². The van der Waals surface area contributed by atoms with E-state index < -0.39 is 12.1 Å². The molecule has 0 fully saturated rings. The third-order valence-corrected chi connectivity index (χ3v) is 5.02. The van der Waals surface area contributed by atoms with Crippen molar-refractivity contribution in [3.63, 3.8) is 0 Å². The van der Waals surface area contributed by atoms with E-state index >= 15 is 0 Å². The molecule has 0 radical (unpaired) electrons. The highest BCUT2D eigenvalue weighted by molar-refractivity contribution is 6.31. The number of carbonyl (C=O) groups is 1. The van der Waals surface area contributed by atoms with Crippen molar-refractivity contribution in [2.24, 2.45) is 0 Å². The Morgan fingerprint density at radius 3 is 2.88 bits per heavy atom. The van der Waals surface area contributed by atoms with Crippen LogP contribution in [0.4, 0.5) is 0 Å². The quantitative estimate of drug-likeness (QED) is 0.657. The lowest BCUT2D eigenvalue weighted by Crippen LogP contribution is -2.21. The summed E-state index contributed by atoms with van der Waals surface area (Å²) < 4.78 is 7.25. The van der Waals surface area contributed by atoms with Crippen molar-refractivity contribution in [3.05, 3.63) is 74.8 Å². The SMILES string of the molecule is C[C@H](OC(=O)c1ccc2c(=O)n3c(nc2c1)CCC3)c1ccccc1Cl. The fourth-order valence-corrected chi connectivity index (χ4v) is 3.60. The lowest BCUT2D eigenvalue weighted by Gasteiger charge is -2.15. The lowest BCUT2D eigenvalue weighted by molar-refractivity contribution is 0.0338. The molecule has 132 valence electrons. The highest BCUT2D eigenvalue weighted by atomic mass is 35.5. The number of esters is 1. The topological polar surface area (TPSA) is 61.2 Å². The second-order valence-electron chi connectivity index (χ2n) is 6.39. The molecule has 2 heterocycles. The molecule has 0 N–H and O–H groups in total. The van der Waals surface area contributed by atoms with Crippen LogP contribution in [0.3, 0.4) is 0 Å². The number of carbonyl (C=O) groups excluding carboxylic acids is 1. The zero-order valence-corrected chi connectivity index (χ0v) is 15.0. The smallest absolute Gasteiger partial charge is 0.338 e. The molecule has 2 aromatic carbocycles. The van der Waals surface area contributed by atoms with Gasteiger partial charge in [0.05, 0.1) is 16.5 Å². The van der Waals surface area contributed by atoms with Crippen molar-refractivity contribution in [1.29, 1.82) is 0 Å². The Morgan fingerprint density at radius 1 is 1.27 bits per heavy atom. The van der Waals surface area contributed by atoms with Crippen LogP contribution in [0.25, 0.3) is 10.9 Å². The highest BCUT2D eigenvalue weighted by Crippen LogP contribution is 2.26. The molecular weight excluding hydrogens is 352 g/mol. The van der Waals surface area contributed by atoms with Gasteiger partial charge in [-0.1, -0.05) is 29.8 Å². The predicted molar refractivity (Wildman–Crippen MR) is 99.6 cm³/mol. The fraction of sp³-hybridized carbons (Fsp3) is 0.250. The normalized spacial score (nSPS) is 14.2. The first kappa shape index (κ1) is 16.8. The number of ether oxygens (including phenoxy) is 1. The van der Waals surface area contributed by atoms with Crippen LogP contribution in [0.2, 0.25) is 5.02 Å². The first-order valence-electron chi connectivity index (χ1n) is 8.53. The van der Waals surface area contributed by atoms with Crippen LogP contribution >= 0.6 is 11.6 Å². The molecular formula is C20H17ClN2O3.